The lowest BCUT2D eigenvalue weighted by Gasteiger charge is -2.65. The van der Waals surface area contributed by atoms with Crippen LogP contribution in [-0.4, -0.2) is 92.5 Å². The molecule has 0 bridgehead atoms. The van der Waals surface area contributed by atoms with Gasteiger partial charge in [0.05, 0.1) is 24.9 Å². The first kappa shape index (κ1) is 35.1. The third-order valence-electron chi connectivity index (χ3n) is 13.7. The van der Waals surface area contributed by atoms with Gasteiger partial charge in [-0.2, -0.15) is 0 Å². The second kappa shape index (κ2) is 12.4. The van der Waals surface area contributed by atoms with Crippen molar-refractivity contribution in [3.63, 3.8) is 0 Å². The molecule has 0 spiro atoms. The van der Waals surface area contributed by atoms with E-state index in [0.29, 0.717) is 18.8 Å². The molecule has 6 N–H and O–H groups in total. The molecule has 5 aliphatic rings. The summed E-state index contributed by atoms with van der Waals surface area (Å²) in [7, 11) is 0. The van der Waals surface area contributed by atoms with E-state index in [2.05, 4.69) is 20.8 Å². The smallest absolute Gasteiger partial charge is 0.187 e. The number of hydrogen-bond donors (Lipinski definition) is 6. The van der Waals surface area contributed by atoms with Crippen LogP contribution in [0, 0.1) is 45.3 Å². The maximum atomic E-state index is 13.3. The third-order valence-corrected chi connectivity index (χ3v) is 13.7. The van der Waals surface area contributed by atoms with E-state index in [-0.39, 0.29) is 28.6 Å². The number of allylic oxidation sites excluding steroid dienone is 1. The highest BCUT2D eigenvalue weighted by Crippen LogP contribution is 2.74. The van der Waals surface area contributed by atoms with Crippen molar-refractivity contribution in [3.05, 3.63) is 23.3 Å². The number of fused-ring (bicyclic) bond motifs is 5. The molecule has 9 heteroatoms. The predicted octanol–water partition coefficient (Wildman–Crippen LogP) is 3.28. The molecular weight excluding hydrogens is 576 g/mol. The average Bonchev–Trinajstić information content (AvgIpc) is 3.24. The van der Waals surface area contributed by atoms with Gasteiger partial charge in [-0.25, -0.2) is 0 Å². The molecular formula is C36H58O9. The zero-order chi connectivity index (χ0) is 33.3. The molecule has 256 valence electrons. The van der Waals surface area contributed by atoms with Crippen LogP contribution in [0.4, 0.5) is 0 Å². The largest absolute Gasteiger partial charge is 0.394 e. The molecule has 1 unspecified atom stereocenters. The predicted molar refractivity (Wildman–Crippen MR) is 169 cm³/mol. The van der Waals surface area contributed by atoms with Crippen LogP contribution in [0.3, 0.4) is 0 Å². The van der Waals surface area contributed by atoms with Gasteiger partial charge < -0.3 is 44.9 Å². The van der Waals surface area contributed by atoms with Crippen LogP contribution < -0.4 is 0 Å². The molecule has 3 saturated carbocycles. The zero-order valence-corrected chi connectivity index (χ0v) is 28.2. The van der Waals surface area contributed by atoms with Gasteiger partial charge in [-0.15, -0.1) is 0 Å². The van der Waals surface area contributed by atoms with Crippen LogP contribution in [0.15, 0.2) is 23.3 Å². The fraction of sp³-hybridized carbons (Fsp3) is 0.861. The van der Waals surface area contributed by atoms with Gasteiger partial charge in [0.2, 0.25) is 0 Å². The second-order valence-corrected chi connectivity index (χ2v) is 16.5. The van der Waals surface area contributed by atoms with Gasteiger partial charge >= 0.3 is 0 Å². The molecule has 1 heterocycles. The Morgan fingerprint density at radius 3 is 2.29 bits per heavy atom. The van der Waals surface area contributed by atoms with Crippen LogP contribution in [0.1, 0.15) is 93.4 Å². The first-order chi connectivity index (χ1) is 21.0. The van der Waals surface area contributed by atoms with Gasteiger partial charge in [-0.05, 0) is 87.4 Å². The number of aliphatic hydroxyl groups is 6. The van der Waals surface area contributed by atoms with Gasteiger partial charge in [0.1, 0.15) is 30.7 Å². The lowest BCUT2D eigenvalue weighted by Crippen LogP contribution is -2.64. The molecule has 4 fully saturated rings. The van der Waals surface area contributed by atoms with Gasteiger partial charge in [-0.1, -0.05) is 57.9 Å². The fourth-order valence-electron chi connectivity index (χ4n) is 10.7. The minimum Gasteiger partial charge on any atom is -0.394 e. The van der Waals surface area contributed by atoms with Gasteiger partial charge in [-0.3, -0.25) is 0 Å². The van der Waals surface area contributed by atoms with E-state index in [4.69, 9.17) is 9.47 Å². The van der Waals surface area contributed by atoms with E-state index in [9.17, 15) is 35.4 Å². The highest BCUT2D eigenvalue weighted by Gasteiger charge is 2.70. The van der Waals surface area contributed by atoms with Crippen molar-refractivity contribution >= 4 is 6.29 Å². The van der Waals surface area contributed by atoms with Crippen molar-refractivity contribution in [2.45, 2.75) is 142 Å². The third kappa shape index (κ3) is 5.41. The monoisotopic (exact) mass is 634 g/mol. The maximum Gasteiger partial charge on any atom is 0.187 e. The number of aldehydes is 1. The highest BCUT2D eigenvalue weighted by molar-refractivity contribution is 5.65. The molecule has 45 heavy (non-hydrogen) atoms. The molecule has 0 aromatic carbocycles. The number of rotatable bonds is 8. The molecule has 0 aromatic rings. The van der Waals surface area contributed by atoms with Crippen LogP contribution >= 0.6 is 0 Å². The average molecular weight is 635 g/mol. The Morgan fingerprint density at radius 2 is 1.67 bits per heavy atom. The van der Waals surface area contributed by atoms with E-state index >= 15 is 0 Å². The molecule has 9 nitrogen and oxygen atoms in total. The Labute approximate surface area is 268 Å². The van der Waals surface area contributed by atoms with Crippen molar-refractivity contribution in [1.29, 1.82) is 0 Å². The molecule has 1 aliphatic heterocycles. The zero-order valence-electron chi connectivity index (χ0n) is 28.2. The quantitative estimate of drug-likeness (QED) is 0.174. The van der Waals surface area contributed by atoms with Crippen molar-refractivity contribution in [2.75, 3.05) is 6.61 Å². The van der Waals surface area contributed by atoms with Crippen molar-refractivity contribution in [1.82, 2.24) is 0 Å². The Hall–Kier alpha value is -1.17. The van der Waals surface area contributed by atoms with E-state index in [1.165, 1.54) is 6.29 Å². The van der Waals surface area contributed by atoms with Crippen molar-refractivity contribution < 1.29 is 44.9 Å². The lowest BCUT2D eigenvalue weighted by molar-refractivity contribution is -0.310. The fourth-order valence-corrected chi connectivity index (χ4v) is 10.7. The molecule has 0 amide bonds. The van der Waals surface area contributed by atoms with Crippen LogP contribution in [0.25, 0.3) is 0 Å². The maximum absolute atomic E-state index is 13.3. The van der Waals surface area contributed by atoms with E-state index in [0.717, 1.165) is 43.3 Å². The first-order valence-corrected chi connectivity index (χ1v) is 17.1. The Kier molecular flexibility index (Phi) is 9.66. The summed E-state index contributed by atoms with van der Waals surface area (Å²) in [6.45, 7) is 14.3. The van der Waals surface area contributed by atoms with E-state index in [1.54, 1.807) is 0 Å². The summed E-state index contributed by atoms with van der Waals surface area (Å²) in [6.07, 6.45) is 2.45. The van der Waals surface area contributed by atoms with Gasteiger partial charge in [0, 0.05) is 16.7 Å². The van der Waals surface area contributed by atoms with E-state index < -0.39 is 66.5 Å². The summed E-state index contributed by atoms with van der Waals surface area (Å²) in [5.41, 5.74) is 0.520. The highest BCUT2D eigenvalue weighted by atomic mass is 16.7. The lowest BCUT2D eigenvalue weighted by atomic mass is 9.38. The summed E-state index contributed by atoms with van der Waals surface area (Å²) in [5, 5.41) is 63.7. The van der Waals surface area contributed by atoms with Gasteiger partial charge in [0.15, 0.2) is 6.29 Å². The number of ether oxygens (including phenoxy) is 2. The summed E-state index contributed by atoms with van der Waals surface area (Å²) in [4.78, 5) is 13.3. The Bertz CT molecular complexity index is 1160. The first-order valence-electron chi connectivity index (χ1n) is 17.1. The number of aliphatic hydroxyl groups excluding tert-OH is 6. The summed E-state index contributed by atoms with van der Waals surface area (Å²) >= 11 is 0. The molecule has 0 radical (unpaired) electrons. The summed E-state index contributed by atoms with van der Waals surface area (Å²) in [5.74, 6) is 0.115. The van der Waals surface area contributed by atoms with Gasteiger partial charge in [0.25, 0.3) is 0 Å². The number of carbonyl (C=O) groups excluding carboxylic acids is 1. The normalized spacial score (nSPS) is 48.7. The van der Waals surface area contributed by atoms with Crippen LogP contribution in [0.2, 0.25) is 0 Å². The van der Waals surface area contributed by atoms with Crippen molar-refractivity contribution in [2.24, 2.45) is 45.3 Å². The molecule has 5 rings (SSSR count). The molecule has 0 aromatic heterocycles. The Morgan fingerprint density at radius 1 is 0.978 bits per heavy atom. The number of carbonyl (C=O) groups is 1. The standard InChI is InChI=1S/C36H58O9/c1-19(2)14-25(44-32-30(43)29(42)28(41)26(17-37)45-32)20(3)15-21-10-11-35(7)31-24(39)16-23-22(8-9-27(40)33(23,4)5)36(31,18-38)13-12-34(21,35)6/h14,16,18,20-22,24-32,37,39-43H,8-13,15,17H2,1-7H3/t20-,21+,22+,24-,25?,26+,27-,28+,29-,30+,31-,32+,34+,35-,36+/m0/s1. The molecule has 15 atom stereocenters. The summed E-state index contributed by atoms with van der Waals surface area (Å²) < 4.78 is 12.0. The Balaban J connectivity index is 1.40. The van der Waals surface area contributed by atoms with Crippen LogP contribution in [0.5, 0.6) is 0 Å². The molecule has 1 saturated heterocycles. The second-order valence-electron chi connectivity index (χ2n) is 16.5. The topological polar surface area (TPSA) is 157 Å². The van der Waals surface area contributed by atoms with E-state index in [1.807, 2.05) is 39.8 Å². The minimum atomic E-state index is -1.51. The molecule has 4 aliphatic carbocycles. The SMILES string of the molecule is CC(C)=CC(O[C@@H]1O[C@H](CO)[C@@H](O)[C@H](O)[C@H]1O)[C@@H](C)C[C@H]1CC[C@@]2(C)[C@@H]3[C@@H](O)C=C4[C@@H](CC[C@H](O)C4(C)C)[C@]3(C=O)CC[C@]12C. The van der Waals surface area contributed by atoms with Crippen LogP contribution in [-0.2, 0) is 14.3 Å². The summed E-state index contributed by atoms with van der Waals surface area (Å²) in [6, 6.07) is 0. The number of hydrogen-bond acceptors (Lipinski definition) is 9. The minimum absolute atomic E-state index is 0.00221. The van der Waals surface area contributed by atoms with Crippen molar-refractivity contribution in [3.8, 4) is 0 Å².